The Morgan fingerprint density at radius 1 is 1.29 bits per heavy atom. The summed E-state index contributed by atoms with van der Waals surface area (Å²) in [4.78, 5) is 11.1. The molecule has 0 heterocycles. The molecule has 0 saturated heterocycles. The molecule has 83 valence electrons. The Balaban J connectivity index is 3.36. The van der Waals surface area contributed by atoms with E-state index in [1.165, 1.54) is 0 Å². The highest BCUT2D eigenvalue weighted by Crippen LogP contribution is 2.06. The topological polar surface area (TPSA) is 62.1 Å². The van der Waals surface area contributed by atoms with Gasteiger partial charge in [-0.05, 0) is 33.6 Å². The van der Waals surface area contributed by atoms with Gasteiger partial charge in [-0.15, -0.1) is 0 Å². The molecule has 0 rings (SSSR count). The molecule has 2 N–H and O–H groups in total. The fourth-order valence-electron chi connectivity index (χ4n) is 0.931. The number of hydrogen-bond donors (Lipinski definition) is 1. The third kappa shape index (κ3) is 9.32. The van der Waals surface area contributed by atoms with Crippen LogP contribution >= 0.6 is 0 Å². The van der Waals surface area contributed by atoms with Crippen molar-refractivity contribution in [2.75, 3.05) is 13.1 Å². The Hall–Kier alpha value is -0.770. The van der Waals surface area contributed by atoms with Crippen LogP contribution in [-0.2, 0) is 4.74 Å². The normalized spacial score (nSPS) is 11.1. The van der Waals surface area contributed by atoms with E-state index >= 15 is 0 Å². The average Bonchev–Trinajstić information content (AvgIpc) is 2.00. The van der Waals surface area contributed by atoms with E-state index in [2.05, 4.69) is 5.32 Å². The highest BCUT2D eigenvalue weighted by molar-refractivity contribution is 5.67. The van der Waals surface area contributed by atoms with Gasteiger partial charge in [-0.1, -0.05) is 6.42 Å². The van der Waals surface area contributed by atoms with Crippen LogP contribution in [0.2, 0.25) is 0 Å². The van der Waals surface area contributed by atoms with Gasteiger partial charge in [-0.2, -0.15) is 0 Å². The predicted molar refractivity (Wildman–Crippen MR) is 56.1 cm³/mol. The molecular formula is C10H21N2O2. The van der Waals surface area contributed by atoms with Crippen LogP contribution in [0.1, 0.15) is 40.0 Å². The second-order valence-corrected chi connectivity index (χ2v) is 4.24. The molecule has 0 saturated carbocycles. The standard InChI is InChI=1S/C10H21N2O2/c1-10(2,3)14-9(13)12-8-6-4-5-7-11/h11H,4-8H2,1-3H3,(H,12,13). The van der Waals surface area contributed by atoms with E-state index in [0.29, 0.717) is 13.1 Å². The largest absolute Gasteiger partial charge is 0.444 e. The van der Waals surface area contributed by atoms with Crippen molar-refractivity contribution in [1.29, 1.82) is 0 Å². The fraction of sp³-hybridized carbons (Fsp3) is 0.900. The number of carbonyl (C=O) groups excluding carboxylic acids is 1. The zero-order chi connectivity index (χ0) is 11.0. The molecule has 4 nitrogen and oxygen atoms in total. The zero-order valence-corrected chi connectivity index (χ0v) is 9.35. The first-order valence-corrected chi connectivity index (χ1v) is 5.07. The van der Waals surface area contributed by atoms with Crippen molar-refractivity contribution >= 4 is 6.09 Å². The average molecular weight is 201 g/mol. The van der Waals surface area contributed by atoms with Gasteiger partial charge in [-0.25, -0.2) is 4.79 Å². The minimum absolute atomic E-state index is 0.358. The number of alkyl carbamates (subject to hydrolysis) is 1. The van der Waals surface area contributed by atoms with Crippen LogP contribution in [-0.4, -0.2) is 24.8 Å². The van der Waals surface area contributed by atoms with Gasteiger partial charge in [0.15, 0.2) is 0 Å². The number of hydrogen-bond acceptors (Lipinski definition) is 2. The lowest BCUT2D eigenvalue weighted by molar-refractivity contribution is 0.0527. The lowest BCUT2D eigenvalue weighted by atomic mass is 10.2. The number of rotatable bonds is 5. The van der Waals surface area contributed by atoms with Gasteiger partial charge in [0, 0.05) is 13.1 Å². The summed E-state index contributed by atoms with van der Waals surface area (Å²) in [7, 11) is 0. The number of ether oxygens (including phenoxy) is 1. The second kappa shape index (κ2) is 6.65. The third-order valence-electron chi connectivity index (χ3n) is 1.52. The van der Waals surface area contributed by atoms with Crippen LogP contribution in [0.15, 0.2) is 0 Å². The van der Waals surface area contributed by atoms with Crippen molar-refractivity contribution in [1.82, 2.24) is 11.1 Å². The maximum atomic E-state index is 11.1. The fourth-order valence-corrected chi connectivity index (χ4v) is 0.931. The summed E-state index contributed by atoms with van der Waals surface area (Å²) in [6, 6.07) is 0. The Kier molecular flexibility index (Phi) is 6.28. The van der Waals surface area contributed by atoms with E-state index in [4.69, 9.17) is 10.5 Å². The molecule has 0 aliphatic rings. The van der Waals surface area contributed by atoms with E-state index in [1.54, 1.807) is 0 Å². The SMILES string of the molecule is CC(C)(C)OC(=O)NCCCCC[NH]. The first-order chi connectivity index (χ1) is 6.45. The van der Waals surface area contributed by atoms with Gasteiger partial charge in [-0.3, -0.25) is 5.73 Å². The molecule has 0 atom stereocenters. The number of carbonyl (C=O) groups is 1. The molecule has 14 heavy (non-hydrogen) atoms. The lowest BCUT2D eigenvalue weighted by Crippen LogP contribution is -2.33. The summed E-state index contributed by atoms with van der Waals surface area (Å²) < 4.78 is 5.06. The molecule has 0 spiro atoms. The van der Waals surface area contributed by atoms with Crippen molar-refractivity contribution in [3.63, 3.8) is 0 Å². The van der Waals surface area contributed by atoms with Crippen molar-refractivity contribution in [3.05, 3.63) is 0 Å². The Morgan fingerprint density at radius 3 is 2.43 bits per heavy atom. The molecule has 1 radical (unpaired) electrons. The molecule has 0 fully saturated rings. The molecule has 0 aliphatic carbocycles. The van der Waals surface area contributed by atoms with Crippen molar-refractivity contribution < 1.29 is 9.53 Å². The van der Waals surface area contributed by atoms with Crippen molar-refractivity contribution in [2.24, 2.45) is 0 Å². The molecule has 0 aliphatic heterocycles. The molecule has 0 aromatic carbocycles. The van der Waals surface area contributed by atoms with Crippen molar-refractivity contribution in [2.45, 2.75) is 45.6 Å². The highest BCUT2D eigenvalue weighted by Gasteiger charge is 2.15. The van der Waals surface area contributed by atoms with Gasteiger partial charge >= 0.3 is 6.09 Å². The summed E-state index contributed by atoms with van der Waals surface area (Å²) >= 11 is 0. The molecule has 0 aromatic heterocycles. The first-order valence-electron chi connectivity index (χ1n) is 5.07. The van der Waals surface area contributed by atoms with Crippen LogP contribution in [0.3, 0.4) is 0 Å². The Labute approximate surface area is 86.2 Å². The van der Waals surface area contributed by atoms with Crippen LogP contribution in [0.25, 0.3) is 0 Å². The number of unbranched alkanes of at least 4 members (excludes halogenated alkanes) is 2. The smallest absolute Gasteiger partial charge is 0.407 e. The summed E-state index contributed by atoms with van der Waals surface area (Å²) in [5.74, 6) is 0. The first kappa shape index (κ1) is 13.2. The summed E-state index contributed by atoms with van der Waals surface area (Å²) in [6.45, 7) is 6.62. The lowest BCUT2D eigenvalue weighted by Gasteiger charge is -2.19. The second-order valence-electron chi connectivity index (χ2n) is 4.24. The minimum atomic E-state index is -0.425. The van der Waals surface area contributed by atoms with E-state index in [1.807, 2.05) is 20.8 Å². The van der Waals surface area contributed by atoms with Crippen molar-refractivity contribution in [3.8, 4) is 0 Å². The van der Waals surface area contributed by atoms with E-state index < -0.39 is 5.60 Å². The summed E-state index contributed by atoms with van der Waals surface area (Å²) in [6.07, 6.45) is 2.44. The summed E-state index contributed by atoms with van der Waals surface area (Å²) in [5.41, 5.74) is 6.50. The van der Waals surface area contributed by atoms with Gasteiger partial charge in [0.2, 0.25) is 0 Å². The monoisotopic (exact) mass is 201 g/mol. The Morgan fingerprint density at radius 2 is 1.93 bits per heavy atom. The summed E-state index contributed by atoms with van der Waals surface area (Å²) in [5, 5.41) is 2.68. The molecule has 0 aromatic rings. The van der Waals surface area contributed by atoms with Crippen LogP contribution < -0.4 is 11.1 Å². The van der Waals surface area contributed by atoms with Gasteiger partial charge in [0.05, 0.1) is 0 Å². The molecule has 4 heteroatoms. The third-order valence-corrected chi connectivity index (χ3v) is 1.52. The highest BCUT2D eigenvalue weighted by atomic mass is 16.6. The van der Waals surface area contributed by atoms with E-state index in [9.17, 15) is 4.79 Å². The Bertz CT molecular complexity index is 164. The number of amides is 1. The van der Waals surface area contributed by atoms with Crippen LogP contribution in [0.4, 0.5) is 4.79 Å². The molecule has 0 bridgehead atoms. The molecule has 1 amide bonds. The van der Waals surface area contributed by atoms with E-state index in [0.717, 1.165) is 19.3 Å². The van der Waals surface area contributed by atoms with Crippen LogP contribution in [0.5, 0.6) is 0 Å². The number of nitrogens with one attached hydrogen (secondary N) is 2. The zero-order valence-electron chi connectivity index (χ0n) is 9.35. The van der Waals surface area contributed by atoms with Crippen LogP contribution in [0, 0.1) is 0 Å². The van der Waals surface area contributed by atoms with E-state index in [-0.39, 0.29) is 6.09 Å². The predicted octanol–water partition coefficient (Wildman–Crippen LogP) is 1.96. The molecule has 0 unspecified atom stereocenters. The minimum Gasteiger partial charge on any atom is -0.444 e. The van der Waals surface area contributed by atoms with Gasteiger partial charge in [0.25, 0.3) is 0 Å². The quantitative estimate of drug-likeness (QED) is 0.691. The molecular weight excluding hydrogens is 180 g/mol. The van der Waals surface area contributed by atoms with Gasteiger partial charge < -0.3 is 10.1 Å². The maximum absolute atomic E-state index is 11.1. The maximum Gasteiger partial charge on any atom is 0.407 e. The van der Waals surface area contributed by atoms with Gasteiger partial charge in [0.1, 0.15) is 5.60 Å².